The first-order valence-corrected chi connectivity index (χ1v) is 8.28. The smallest absolute Gasteiger partial charge is 0.240 e. The minimum absolute atomic E-state index is 0.254. The summed E-state index contributed by atoms with van der Waals surface area (Å²) in [7, 11) is -3.49. The second-order valence-electron chi connectivity index (χ2n) is 4.60. The van der Waals surface area contributed by atoms with Crippen LogP contribution in [-0.4, -0.2) is 19.9 Å². The second-order valence-corrected chi connectivity index (χ2v) is 6.37. The Morgan fingerprint density at radius 3 is 2.19 bits per heavy atom. The fourth-order valence-electron chi connectivity index (χ4n) is 1.82. The van der Waals surface area contributed by atoms with E-state index in [1.54, 1.807) is 36.7 Å². The van der Waals surface area contributed by atoms with Gasteiger partial charge in [-0.2, -0.15) is 0 Å². The molecule has 0 atom stereocenters. The Morgan fingerprint density at radius 1 is 0.952 bits per heavy atom. The number of nitrogens with zero attached hydrogens (tertiary/aromatic N) is 1. The van der Waals surface area contributed by atoms with Crippen molar-refractivity contribution < 1.29 is 8.42 Å². The van der Waals surface area contributed by atoms with Crippen molar-refractivity contribution in [1.82, 2.24) is 15.0 Å². The van der Waals surface area contributed by atoms with Gasteiger partial charge >= 0.3 is 0 Å². The summed E-state index contributed by atoms with van der Waals surface area (Å²) in [5, 5.41) is 3.20. The topological polar surface area (TPSA) is 71.1 Å². The number of hydrogen-bond acceptors (Lipinski definition) is 4. The van der Waals surface area contributed by atoms with Crippen LogP contribution >= 0.6 is 0 Å². The van der Waals surface area contributed by atoms with Gasteiger partial charge in [-0.3, -0.25) is 4.98 Å². The summed E-state index contributed by atoms with van der Waals surface area (Å²) in [5.74, 6) is 0. The zero-order chi connectivity index (χ0) is 15.1. The van der Waals surface area contributed by atoms with Crippen molar-refractivity contribution in [2.75, 3.05) is 6.54 Å². The van der Waals surface area contributed by atoms with E-state index in [4.69, 9.17) is 0 Å². The minimum atomic E-state index is -3.49. The quantitative estimate of drug-likeness (QED) is 0.816. The van der Waals surface area contributed by atoms with Crippen LogP contribution in [0.1, 0.15) is 18.1 Å². The highest BCUT2D eigenvalue weighted by atomic mass is 32.2. The first-order chi connectivity index (χ1) is 10.1. The fraction of sp³-hybridized carbons (Fsp3) is 0.267. The van der Waals surface area contributed by atoms with E-state index in [1.807, 2.05) is 19.1 Å². The molecule has 2 rings (SSSR count). The molecule has 2 aromatic rings. The first-order valence-electron chi connectivity index (χ1n) is 6.80. The van der Waals surface area contributed by atoms with Gasteiger partial charge in [-0.05, 0) is 41.9 Å². The molecule has 0 fully saturated rings. The van der Waals surface area contributed by atoms with Crippen molar-refractivity contribution >= 4 is 10.0 Å². The van der Waals surface area contributed by atoms with Crippen LogP contribution in [0.4, 0.5) is 0 Å². The molecule has 1 aromatic heterocycles. The zero-order valence-electron chi connectivity index (χ0n) is 11.9. The van der Waals surface area contributed by atoms with Gasteiger partial charge in [0.25, 0.3) is 0 Å². The van der Waals surface area contributed by atoms with Crippen LogP contribution in [0.2, 0.25) is 0 Å². The van der Waals surface area contributed by atoms with Crippen LogP contribution in [0.3, 0.4) is 0 Å². The highest BCUT2D eigenvalue weighted by Crippen LogP contribution is 2.11. The van der Waals surface area contributed by atoms with Gasteiger partial charge < -0.3 is 5.32 Å². The standard InChI is InChI=1S/C15H19N3O2S/c1-2-16-11-13-3-5-15(6-4-13)21(19,20)18-12-14-7-9-17-10-8-14/h3-10,16,18H,2,11-12H2,1H3. The number of benzene rings is 1. The van der Waals surface area contributed by atoms with Crippen LogP contribution < -0.4 is 10.0 Å². The van der Waals surface area contributed by atoms with Gasteiger partial charge in [0.15, 0.2) is 0 Å². The average Bonchev–Trinajstić information content (AvgIpc) is 2.52. The summed E-state index contributed by atoms with van der Waals surface area (Å²) in [4.78, 5) is 4.17. The molecule has 0 spiro atoms. The maximum Gasteiger partial charge on any atom is 0.240 e. The summed E-state index contributed by atoms with van der Waals surface area (Å²) in [6.45, 7) is 3.90. The van der Waals surface area contributed by atoms with E-state index in [2.05, 4.69) is 15.0 Å². The highest BCUT2D eigenvalue weighted by molar-refractivity contribution is 7.89. The molecule has 0 aliphatic carbocycles. The first kappa shape index (κ1) is 15.6. The summed E-state index contributed by atoms with van der Waals surface area (Å²) < 4.78 is 27.0. The third-order valence-electron chi connectivity index (χ3n) is 3.03. The molecule has 5 nitrogen and oxygen atoms in total. The maximum absolute atomic E-state index is 12.2. The van der Waals surface area contributed by atoms with Gasteiger partial charge in [0.2, 0.25) is 10.0 Å². The fourth-order valence-corrected chi connectivity index (χ4v) is 2.84. The Bertz CT molecular complexity index is 655. The molecule has 0 saturated carbocycles. The van der Waals surface area contributed by atoms with E-state index in [-0.39, 0.29) is 11.4 Å². The lowest BCUT2D eigenvalue weighted by Crippen LogP contribution is -2.23. The van der Waals surface area contributed by atoms with E-state index in [0.717, 1.165) is 24.2 Å². The third-order valence-corrected chi connectivity index (χ3v) is 4.45. The van der Waals surface area contributed by atoms with Crippen molar-refractivity contribution in [3.05, 3.63) is 59.9 Å². The van der Waals surface area contributed by atoms with Crippen molar-refractivity contribution in [2.24, 2.45) is 0 Å². The molecule has 0 aliphatic heterocycles. The van der Waals surface area contributed by atoms with Crippen LogP contribution in [0.5, 0.6) is 0 Å². The molecule has 1 heterocycles. The number of nitrogens with one attached hydrogen (secondary N) is 2. The molecule has 6 heteroatoms. The van der Waals surface area contributed by atoms with Crippen molar-refractivity contribution in [3.63, 3.8) is 0 Å². The Hall–Kier alpha value is -1.76. The SMILES string of the molecule is CCNCc1ccc(S(=O)(=O)NCc2ccncc2)cc1. The Kier molecular flexibility index (Phi) is 5.44. The van der Waals surface area contributed by atoms with Crippen molar-refractivity contribution in [2.45, 2.75) is 24.9 Å². The van der Waals surface area contributed by atoms with Gasteiger partial charge in [0.1, 0.15) is 0 Å². The lowest BCUT2D eigenvalue weighted by molar-refractivity contribution is 0.581. The molecular weight excluding hydrogens is 286 g/mol. The van der Waals surface area contributed by atoms with E-state index in [1.165, 1.54) is 0 Å². The molecular formula is C15H19N3O2S. The number of sulfonamides is 1. The summed E-state index contributed by atoms with van der Waals surface area (Å²) in [5.41, 5.74) is 1.93. The van der Waals surface area contributed by atoms with Crippen LogP contribution in [-0.2, 0) is 23.1 Å². The summed E-state index contributed by atoms with van der Waals surface area (Å²) >= 11 is 0. The Labute approximate surface area is 125 Å². The lowest BCUT2D eigenvalue weighted by Gasteiger charge is -2.08. The van der Waals surface area contributed by atoms with Crippen molar-refractivity contribution in [3.8, 4) is 0 Å². The van der Waals surface area contributed by atoms with Crippen LogP contribution in [0.25, 0.3) is 0 Å². The summed E-state index contributed by atoms with van der Waals surface area (Å²) in [6.07, 6.45) is 3.28. The van der Waals surface area contributed by atoms with E-state index < -0.39 is 10.0 Å². The van der Waals surface area contributed by atoms with Gasteiger partial charge in [-0.1, -0.05) is 19.1 Å². The maximum atomic E-state index is 12.2. The summed E-state index contributed by atoms with van der Waals surface area (Å²) in [6, 6.07) is 10.5. The molecule has 0 aliphatic rings. The third kappa shape index (κ3) is 4.63. The van der Waals surface area contributed by atoms with E-state index in [9.17, 15) is 8.42 Å². The van der Waals surface area contributed by atoms with Gasteiger partial charge in [-0.15, -0.1) is 0 Å². The molecule has 21 heavy (non-hydrogen) atoms. The minimum Gasteiger partial charge on any atom is -0.313 e. The molecule has 0 saturated heterocycles. The molecule has 112 valence electrons. The molecule has 2 N–H and O–H groups in total. The van der Waals surface area contributed by atoms with Gasteiger partial charge in [0, 0.05) is 25.5 Å². The number of hydrogen-bond donors (Lipinski definition) is 2. The van der Waals surface area contributed by atoms with Gasteiger partial charge in [0.05, 0.1) is 4.90 Å². The molecule has 1 aromatic carbocycles. The van der Waals surface area contributed by atoms with E-state index in [0.29, 0.717) is 0 Å². The largest absolute Gasteiger partial charge is 0.313 e. The normalized spacial score (nSPS) is 11.5. The number of aromatic nitrogens is 1. The van der Waals surface area contributed by atoms with Gasteiger partial charge in [-0.25, -0.2) is 13.1 Å². The molecule has 0 amide bonds. The monoisotopic (exact) mass is 305 g/mol. The number of pyridine rings is 1. The highest BCUT2D eigenvalue weighted by Gasteiger charge is 2.13. The molecule has 0 radical (unpaired) electrons. The Morgan fingerprint density at radius 2 is 1.57 bits per heavy atom. The van der Waals surface area contributed by atoms with Crippen LogP contribution in [0.15, 0.2) is 53.7 Å². The average molecular weight is 305 g/mol. The van der Waals surface area contributed by atoms with Crippen molar-refractivity contribution in [1.29, 1.82) is 0 Å². The molecule has 0 bridgehead atoms. The number of rotatable bonds is 7. The Balaban J connectivity index is 2.02. The van der Waals surface area contributed by atoms with E-state index >= 15 is 0 Å². The van der Waals surface area contributed by atoms with Crippen LogP contribution in [0, 0.1) is 0 Å². The predicted octanol–water partition coefficient (Wildman–Crippen LogP) is 1.67. The lowest BCUT2D eigenvalue weighted by atomic mass is 10.2. The predicted molar refractivity (Wildman–Crippen MR) is 82.1 cm³/mol. The second kappa shape index (κ2) is 7.31. The molecule has 0 unspecified atom stereocenters. The zero-order valence-corrected chi connectivity index (χ0v) is 12.7.